The SMILES string of the molecule is CNCc1ccc(Cl)c(S(=O)(=O)NCc2sccc2Br)c1. The zero-order valence-corrected chi connectivity index (χ0v) is 15.2. The first-order chi connectivity index (χ1) is 9.94. The van der Waals surface area contributed by atoms with E-state index in [0.717, 1.165) is 14.9 Å². The van der Waals surface area contributed by atoms with Gasteiger partial charge in [-0.1, -0.05) is 17.7 Å². The maximum atomic E-state index is 12.4. The fourth-order valence-electron chi connectivity index (χ4n) is 1.76. The molecule has 1 aromatic carbocycles. The highest BCUT2D eigenvalue weighted by Crippen LogP contribution is 2.25. The number of hydrogen-bond donors (Lipinski definition) is 2. The van der Waals surface area contributed by atoms with Gasteiger partial charge in [0.1, 0.15) is 4.90 Å². The standard InChI is InChI=1S/C13H14BrClN2O2S2/c1-16-7-9-2-3-11(15)13(6-9)21(18,19)17-8-12-10(14)4-5-20-12/h2-6,16-17H,7-8H2,1H3. The van der Waals surface area contributed by atoms with Crippen LogP contribution in [0.15, 0.2) is 39.0 Å². The zero-order chi connectivity index (χ0) is 15.5. The normalized spacial score (nSPS) is 11.8. The summed E-state index contributed by atoms with van der Waals surface area (Å²) in [6, 6.07) is 6.87. The summed E-state index contributed by atoms with van der Waals surface area (Å²) in [5.41, 5.74) is 0.861. The van der Waals surface area contributed by atoms with Gasteiger partial charge < -0.3 is 5.32 Å². The lowest BCUT2D eigenvalue weighted by Crippen LogP contribution is -2.23. The van der Waals surface area contributed by atoms with Crippen molar-refractivity contribution in [1.29, 1.82) is 0 Å². The molecule has 0 fully saturated rings. The lowest BCUT2D eigenvalue weighted by Gasteiger charge is -2.10. The second kappa shape index (κ2) is 7.21. The predicted octanol–water partition coefficient (Wildman–Crippen LogP) is 3.36. The number of nitrogens with one attached hydrogen (secondary N) is 2. The van der Waals surface area contributed by atoms with E-state index in [9.17, 15) is 8.42 Å². The van der Waals surface area contributed by atoms with Gasteiger partial charge >= 0.3 is 0 Å². The first kappa shape index (κ1) is 16.9. The lowest BCUT2D eigenvalue weighted by molar-refractivity contribution is 0.581. The van der Waals surface area contributed by atoms with E-state index in [2.05, 4.69) is 26.0 Å². The first-order valence-electron chi connectivity index (χ1n) is 6.08. The van der Waals surface area contributed by atoms with Crippen LogP contribution >= 0.6 is 38.9 Å². The third kappa shape index (κ3) is 4.28. The van der Waals surface area contributed by atoms with Crippen molar-refractivity contribution in [3.8, 4) is 0 Å². The van der Waals surface area contributed by atoms with Gasteiger partial charge in [-0.3, -0.25) is 0 Å². The Morgan fingerprint density at radius 1 is 1.29 bits per heavy atom. The predicted molar refractivity (Wildman–Crippen MR) is 90.3 cm³/mol. The van der Waals surface area contributed by atoms with Crippen molar-refractivity contribution < 1.29 is 8.42 Å². The van der Waals surface area contributed by atoms with Gasteiger partial charge in [0.05, 0.1) is 5.02 Å². The number of sulfonamides is 1. The van der Waals surface area contributed by atoms with E-state index in [1.54, 1.807) is 25.2 Å². The van der Waals surface area contributed by atoms with Crippen LogP contribution in [0.3, 0.4) is 0 Å². The van der Waals surface area contributed by atoms with Crippen molar-refractivity contribution in [2.24, 2.45) is 0 Å². The van der Waals surface area contributed by atoms with Crippen molar-refractivity contribution in [2.75, 3.05) is 7.05 Å². The Labute approximate surface area is 141 Å². The first-order valence-corrected chi connectivity index (χ1v) is 9.62. The van der Waals surface area contributed by atoms with E-state index >= 15 is 0 Å². The molecule has 1 heterocycles. The maximum Gasteiger partial charge on any atom is 0.242 e. The average molecular weight is 410 g/mol. The fraction of sp³-hybridized carbons (Fsp3) is 0.231. The maximum absolute atomic E-state index is 12.4. The summed E-state index contributed by atoms with van der Waals surface area (Å²) in [6.45, 7) is 0.809. The Kier molecular flexibility index (Phi) is 5.81. The topological polar surface area (TPSA) is 58.2 Å². The van der Waals surface area contributed by atoms with Crippen LogP contribution in [-0.4, -0.2) is 15.5 Å². The zero-order valence-electron chi connectivity index (χ0n) is 11.2. The second-order valence-corrected chi connectivity index (χ2v) is 8.31. The van der Waals surface area contributed by atoms with E-state index < -0.39 is 10.0 Å². The molecule has 8 heteroatoms. The van der Waals surface area contributed by atoms with Crippen LogP contribution < -0.4 is 10.0 Å². The third-order valence-electron chi connectivity index (χ3n) is 2.78. The third-order valence-corrected chi connectivity index (χ3v) is 6.59. The Morgan fingerprint density at radius 3 is 2.67 bits per heavy atom. The Morgan fingerprint density at radius 2 is 2.05 bits per heavy atom. The summed E-state index contributed by atoms with van der Waals surface area (Å²) >= 11 is 10.9. The summed E-state index contributed by atoms with van der Waals surface area (Å²) < 4.78 is 28.2. The van der Waals surface area contributed by atoms with Crippen LogP contribution in [0.4, 0.5) is 0 Å². The summed E-state index contributed by atoms with van der Waals surface area (Å²) in [7, 11) is -1.85. The molecule has 2 N–H and O–H groups in total. The van der Waals surface area contributed by atoms with Gasteiger partial charge in [-0.15, -0.1) is 11.3 Å². The van der Waals surface area contributed by atoms with Crippen molar-refractivity contribution >= 4 is 48.9 Å². The van der Waals surface area contributed by atoms with Gasteiger partial charge in [0.15, 0.2) is 0 Å². The molecule has 2 rings (SSSR count). The Balaban J connectivity index is 2.22. The summed E-state index contributed by atoms with van der Waals surface area (Å²) in [5, 5.41) is 5.09. The number of halogens is 2. The molecule has 0 saturated heterocycles. The van der Waals surface area contributed by atoms with E-state index in [-0.39, 0.29) is 16.5 Å². The smallest absolute Gasteiger partial charge is 0.242 e. The molecule has 0 saturated carbocycles. The minimum atomic E-state index is -3.65. The van der Waals surface area contributed by atoms with Crippen molar-refractivity contribution in [3.63, 3.8) is 0 Å². The molecule has 0 aliphatic rings. The largest absolute Gasteiger partial charge is 0.316 e. The monoisotopic (exact) mass is 408 g/mol. The average Bonchev–Trinajstić information content (AvgIpc) is 2.84. The summed E-state index contributed by atoms with van der Waals surface area (Å²) in [4.78, 5) is 1.02. The number of thiophene rings is 1. The summed E-state index contributed by atoms with van der Waals surface area (Å²) in [6.07, 6.45) is 0. The number of benzene rings is 1. The van der Waals surface area contributed by atoms with Gasteiger partial charge in [-0.05, 0) is 52.1 Å². The van der Waals surface area contributed by atoms with Gasteiger partial charge in [-0.2, -0.15) is 0 Å². The number of rotatable bonds is 6. The Bertz CT molecular complexity index is 732. The molecule has 0 unspecified atom stereocenters. The van der Waals surface area contributed by atoms with E-state index in [1.165, 1.54) is 11.3 Å². The van der Waals surface area contributed by atoms with Crippen LogP contribution in [0.1, 0.15) is 10.4 Å². The minimum Gasteiger partial charge on any atom is -0.316 e. The molecule has 1 aromatic heterocycles. The molecule has 0 amide bonds. The van der Waals surface area contributed by atoms with Crippen LogP contribution in [0.25, 0.3) is 0 Å². The highest BCUT2D eigenvalue weighted by molar-refractivity contribution is 9.10. The van der Waals surface area contributed by atoms with Crippen LogP contribution in [-0.2, 0) is 23.1 Å². The molecule has 0 atom stereocenters. The highest BCUT2D eigenvalue weighted by atomic mass is 79.9. The fourth-order valence-corrected chi connectivity index (χ4v) is 4.82. The van der Waals surface area contributed by atoms with Crippen molar-refractivity contribution in [2.45, 2.75) is 18.0 Å². The van der Waals surface area contributed by atoms with E-state index in [0.29, 0.717) is 6.54 Å². The second-order valence-electron chi connectivity index (χ2n) is 4.31. The molecular formula is C13H14BrClN2O2S2. The molecule has 21 heavy (non-hydrogen) atoms. The number of hydrogen-bond acceptors (Lipinski definition) is 4. The van der Waals surface area contributed by atoms with Crippen molar-refractivity contribution in [1.82, 2.24) is 10.0 Å². The molecule has 2 aromatic rings. The lowest BCUT2D eigenvalue weighted by atomic mass is 10.2. The van der Waals surface area contributed by atoms with Gasteiger partial charge in [0.2, 0.25) is 10.0 Å². The van der Waals surface area contributed by atoms with E-state index in [4.69, 9.17) is 11.6 Å². The van der Waals surface area contributed by atoms with Crippen molar-refractivity contribution in [3.05, 3.63) is 49.6 Å². The molecule has 4 nitrogen and oxygen atoms in total. The molecule has 0 spiro atoms. The highest BCUT2D eigenvalue weighted by Gasteiger charge is 2.19. The molecule has 114 valence electrons. The molecule has 0 bridgehead atoms. The van der Waals surface area contributed by atoms with Crippen LogP contribution in [0, 0.1) is 0 Å². The molecular weight excluding hydrogens is 396 g/mol. The van der Waals surface area contributed by atoms with Crippen LogP contribution in [0.5, 0.6) is 0 Å². The Hall–Kier alpha value is -0.440. The summed E-state index contributed by atoms with van der Waals surface area (Å²) in [5.74, 6) is 0. The van der Waals surface area contributed by atoms with Gasteiger partial charge in [-0.25, -0.2) is 13.1 Å². The van der Waals surface area contributed by atoms with Gasteiger partial charge in [0, 0.05) is 22.4 Å². The molecule has 0 aliphatic heterocycles. The van der Waals surface area contributed by atoms with Gasteiger partial charge in [0.25, 0.3) is 0 Å². The molecule has 0 radical (unpaired) electrons. The van der Waals surface area contributed by atoms with Crippen LogP contribution in [0.2, 0.25) is 5.02 Å². The molecule has 0 aliphatic carbocycles. The van der Waals surface area contributed by atoms with E-state index in [1.807, 2.05) is 11.4 Å². The minimum absolute atomic E-state index is 0.101. The quantitative estimate of drug-likeness (QED) is 0.769.